The Hall–Kier alpha value is -2.68. The van der Waals surface area contributed by atoms with Crippen LogP contribution in [-0.2, 0) is 25.6 Å². The number of piperazine rings is 1. The van der Waals surface area contributed by atoms with Crippen molar-refractivity contribution in [1.82, 2.24) is 16.0 Å². The zero-order valence-electron chi connectivity index (χ0n) is 14.5. The first kappa shape index (κ1) is 20.6. The monoisotopic (exact) mass is 436 g/mol. The molecule has 1 aromatic rings. The molecule has 2 rings (SSSR count). The molecule has 8 nitrogen and oxygen atoms in total. The molecule has 1 fully saturated rings. The Morgan fingerprint density at radius 3 is 2.33 bits per heavy atom. The number of rotatable bonds is 8. The number of hydrogen-bond donors (Lipinski definition) is 4. The van der Waals surface area contributed by atoms with Crippen molar-refractivity contribution < 1.29 is 19.2 Å². The van der Waals surface area contributed by atoms with Gasteiger partial charge in [-0.2, -0.15) is 0 Å². The molecule has 144 valence electrons. The minimum Gasteiger partial charge on any atom is -0.368 e. The van der Waals surface area contributed by atoms with Crippen LogP contribution in [0, 0.1) is 0 Å². The Kier molecular flexibility index (Phi) is 7.12. The van der Waals surface area contributed by atoms with Crippen molar-refractivity contribution in [3.05, 3.63) is 47.0 Å². The molecule has 0 bridgehead atoms. The number of halogens is 1. The van der Waals surface area contributed by atoms with Gasteiger partial charge in [-0.3, -0.25) is 19.2 Å². The molecule has 1 saturated heterocycles. The summed E-state index contributed by atoms with van der Waals surface area (Å²) in [5.74, 6) is -2.11. The van der Waals surface area contributed by atoms with Gasteiger partial charge in [-0.25, -0.2) is 0 Å². The van der Waals surface area contributed by atoms with E-state index in [4.69, 9.17) is 5.73 Å². The highest BCUT2D eigenvalue weighted by molar-refractivity contribution is 9.11. The normalized spacial score (nSPS) is 20.2. The Labute approximate surface area is 165 Å². The molecule has 0 radical (unpaired) electrons. The summed E-state index contributed by atoms with van der Waals surface area (Å²) >= 11 is 3.11. The predicted octanol–water partition coefficient (Wildman–Crippen LogP) is -0.129. The van der Waals surface area contributed by atoms with Gasteiger partial charge in [0.25, 0.3) is 0 Å². The van der Waals surface area contributed by atoms with Gasteiger partial charge in [0.1, 0.15) is 18.1 Å². The molecular weight excluding hydrogens is 416 g/mol. The topological polar surface area (TPSA) is 130 Å². The molecule has 1 heterocycles. The predicted molar refractivity (Wildman–Crippen MR) is 102 cm³/mol. The van der Waals surface area contributed by atoms with E-state index in [9.17, 15) is 19.2 Å². The molecule has 1 aromatic carbocycles. The van der Waals surface area contributed by atoms with Crippen molar-refractivity contribution in [3.63, 3.8) is 0 Å². The molecule has 5 N–H and O–H groups in total. The van der Waals surface area contributed by atoms with E-state index >= 15 is 0 Å². The molecule has 1 aliphatic heterocycles. The Balaban J connectivity index is 1.92. The standard InChI is InChI=1S/C18H21BrN4O4/c1-10(19)7-12(16(20)25)21-15(24)9-14-18(27)22-13(17(26)23-14)8-11-5-3-2-4-6-11/h2-6,12-14H,1,7-9H2,(H2,20,25)(H,21,24)(H,22,27)(H,23,26)/t12-,13+,14+/m1/s1. The summed E-state index contributed by atoms with van der Waals surface area (Å²) < 4.78 is 0.499. The summed E-state index contributed by atoms with van der Waals surface area (Å²) in [6.07, 6.45) is 0.187. The molecule has 1 aliphatic rings. The number of benzene rings is 1. The lowest BCUT2D eigenvalue weighted by atomic mass is 10.0. The van der Waals surface area contributed by atoms with Crippen LogP contribution >= 0.6 is 15.9 Å². The third kappa shape index (κ3) is 6.21. The number of primary amides is 1. The summed E-state index contributed by atoms with van der Waals surface area (Å²) in [6, 6.07) is 6.63. The molecule has 27 heavy (non-hydrogen) atoms. The van der Waals surface area contributed by atoms with Gasteiger partial charge in [-0.1, -0.05) is 52.8 Å². The Morgan fingerprint density at radius 2 is 1.74 bits per heavy atom. The number of nitrogens with two attached hydrogens (primary N) is 1. The van der Waals surface area contributed by atoms with E-state index in [0.717, 1.165) is 5.56 Å². The van der Waals surface area contributed by atoms with E-state index in [2.05, 4.69) is 38.5 Å². The zero-order chi connectivity index (χ0) is 20.0. The molecule has 9 heteroatoms. The lowest BCUT2D eigenvalue weighted by Crippen LogP contribution is -2.63. The maximum absolute atomic E-state index is 12.3. The number of hydrogen-bond acceptors (Lipinski definition) is 4. The van der Waals surface area contributed by atoms with Crippen molar-refractivity contribution in [2.45, 2.75) is 37.4 Å². The van der Waals surface area contributed by atoms with Crippen molar-refractivity contribution >= 4 is 39.6 Å². The van der Waals surface area contributed by atoms with E-state index in [-0.39, 0.29) is 18.7 Å². The third-order valence-electron chi connectivity index (χ3n) is 4.04. The molecule has 0 aliphatic carbocycles. The quantitative estimate of drug-likeness (QED) is 0.452. The van der Waals surface area contributed by atoms with E-state index in [1.54, 1.807) is 0 Å². The van der Waals surface area contributed by atoms with Gasteiger partial charge < -0.3 is 21.7 Å². The number of amides is 4. The van der Waals surface area contributed by atoms with E-state index in [1.165, 1.54) is 0 Å². The second kappa shape index (κ2) is 9.31. The van der Waals surface area contributed by atoms with Gasteiger partial charge in [0, 0.05) is 12.8 Å². The molecular formula is C18H21BrN4O4. The first-order valence-electron chi connectivity index (χ1n) is 8.33. The summed E-state index contributed by atoms with van der Waals surface area (Å²) in [4.78, 5) is 48.0. The Bertz CT molecular complexity index is 753. The number of carbonyl (C=O) groups is 4. The average Bonchev–Trinajstić information content (AvgIpc) is 2.59. The van der Waals surface area contributed by atoms with Crippen molar-refractivity contribution in [2.75, 3.05) is 0 Å². The second-order valence-electron chi connectivity index (χ2n) is 6.26. The fourth-order valence-corrected chi connectivity index (χ4v) is 3.02. The smallest absolute Gasteiger partial charge is 0.243 e. The summed E-state index contributed by atoms with van der Waals surface area (Å²) in [7, 11) is 0. The van der Waals surface area contributed by atoms with Crippen LogP contribution in [0.3, 0.4) is 0 Å². The van der Waals surface area contributed by atoms with E-state index < -0.39 is 35.8 Å². The van der Waals surface area contributed by atoms with Crippen LogP contribution in [0.4, 0.5) is 0 Å². The number of nitrogens with one attached hydrogen (secondary N) is 3. The average molecular weight is 437 g/mol. The van der Waals surface area contributed by atoms with Crippen molar-refractivity contribution in [1.29, 1.82) is 0 Å². The number of carbonyl (C=O) groups excluding carboxylic acids is 4. The van der Waals surface area contributed by atoms with Gasteiger partial charge >= 0.3 is 0 Å². The minimum atomic E-state index is -1.01. The van der Waals surface area contributed by atoms with E-state index in [1.807, 2.05) is 30.3 Å². The maximum atomic E-state index is 12.3. The fraction of sp³-hybridized carbons (Fsp3) is 0.333. The van der Waals surface area contributed by atoms with Crippen molar-refractivity contribution in [3.8, 4) is 0 Å². The van der Waals surface area contributed by atoms with Crippen LogP contribution in [0.25, 0.3) is 0 Å². The molecule has 3 atom stereocenters. The van der Waals surface area contributed by atoms with E-state index in [0.29, 0.717) is 10.9 Å². The van der Waals surface area contributed by atoms with Crippen LogP contribution in [0.5, 0.6) is 0 Å². The zero-order valence-corrected chi connectivity index (χ0v) is 16.1. The maximum Gasteiger partial charge on any atom is 0.243 e. The van der Waals surface area contributed by atoms with Crippen LogP contribution in [0.1, 0.15) is 18.4 Å². The highest BCUT2D eigenvalue weighted by Gasteiger charge is 2.35. The lowest BCUT2D eigenvalue weighted by molar-refractivity contribution is -0.138. The highest BCUT2D eigenvalue weighted by atomic mass is 79.9. The van der Waals surface area contributed by atoms with Gasteiger partial charge in [-0.15, -0.1) is 0 Å². The second-order valence-corrected chi connectivity index (χ2v) is 7.38. The largest absolute Gasteiger partial charge is 0.368 e. The van der Waals surface area contributed by atoms with Crippen LogP contribution < -0.4 is 21.7 Å². The van der Waals surface area contributed by atoms with Crippen molar-refractivity contribution in [2.24, 2.45) is 5.73 Å². The van der Waals surface area contributed by atoms with Gasteiger partial charge in [0.15, 0.2) is 0 Å². The van der Waals surface area contributed by atoms with Crippen LogP contribution in [0.2, 0.25) is 0 Å². The van der Waals surface area contributed by atoms with Gasteiger partial charge in [-0.05, 0) is 10.0 Å². The minimum absolute atomic E-state index is 0.128. The summed E-state index contributed by atoms with van der Waals surface area (Å²) in [6.45, 7) is 3.60. The molecule has 4 amide bonds. The first-order valence-corrected chi connectivity index (χ1v) is 9.12. The molecule has 0 aromatic heterocycles. The van der Waals surface area contributed by atoms with Crippen LogP contribution in [0.15, 0.2) is 41.4 Å². The molecule has 0 unspecified atom stereocenters. The Morgan fingerprint density at radius 1 is 1.15 bits per heavy atom. The third-order valence-corrected chi connectivity index (χ3v) is 4.37. The van der Waals surface area contributed by atoms with Crippen LogP contribution in [-0.4, -0.2) is 41.8 Å². The first-order chi connectivity index (χ1) is 12.8. The van der Waals surface area contributed by atoms with Gasteiger partial charge in [0.2, 0.25) is 23.6 Å². The van der Waals surface area contributed by atoms with Gasteiger partial charge in [0.05, 0.1) is 6.42 Å². The molecule has 0 spiro atoms. The highest BCUT2D eigenvalue weighted by Crippen LogP contribution is 2.11. The SMILES string of the molecule is C=C(Br)C[C@@H](NC(=O)C[C@@H]1NC(=O)[C@H](Cc2ccccc2)NC1=O)C(N)=O. The summed E-state index contributed by atoms with van der Waals surface area (Å²) in [5, 5.41) is 7.64. The fourth-order valence-electron chi connectivity index (χ4n) is 2.70. The summed E-state index contributed by atoms with van der Waals surface area (Å²) in [5.41, 5.74) is 6.15. The molecule has 0 saturated carbocycles. The lowest BCUT2D eigenvalue weighted by Gasteiger charge is -2.29.